The highest BCUT2D eigenvalue weighted by Crippen LogP contribution is 2.22. The minimum atomic E-state index is -0.571. The number of methoxy groups -OCH3 is 1. The third-order valence-electron chi connectivity index (χ3n) is 3.41. The molecule has 0 radical (unpaired) electrons. The Labute approximate surface area is 145 Å². The lowest BCUT2D eigenvalue weighted by Gasteiger charge is -2.15. The fraction of sp³-hybridized carbons (Fsp3) is 0.222. The number of ether oxygens (including phenoxy) is 2. The molecule has 2 aromatic carbocycles. The van der Waals surface area contributed by atoms with Crippen LogP contribution in [0, 0.1) is 0 Å². The Hall–Kier alpha value is -2.53. The van der Waals surface area contributed by atoms with Crippen molar-refractivity contribution >= 4 is 23.5 Å². The van der Waals surface area contributed by atoms with Crippen LogP contribution in [0.3, 0.4) is 0 Å². The molecule has 1 N–H and O–H groups in total. The van der Waals surface area contributed by atoms with Crippen molar-refractivity contribution in [1.82, 2.24) is 5.32 Å². The number of amides is 1. The standard InChI is InChI=1S/C18H18ClNO4/c1-12(15-5-3-4-6-16(15)19)20-17(21)11-24-18(22)13-7-9-14(23-2)10-8-13/h3-10,12H,11H2,1-2H3,(H,20,21)/t12-/m1/s1. The Morgan fingerprint density at radius 2 is 1.79 bits per heavy atom. The van der Waals surface area contributed by atoms with E-state index in [0.29, 0.717) is 16.3 Å². The largest absolute Gasteiger partial charge is 0.497 e. The van der Waals surface area contributed by atoms with Crippen molar-refractivity contribution in [1.29, 1.82) is 0 Å². The number of rotatable bonds is 6. The van der Waals surface area contributed by atoms with Crippen LogP contribution in [0.15, 0.2) is 48.5 Å². The molecule has 0 saturated carbocycles. The summed E-state index contributed by atoms with van der Waals surface area (Å²) < 4.78 is 10.0. The molecule has 1 amide bonds. The van der Waals surface area contributed by atoms with Crippen LogP contribution in [0.5, 0.6) is 5.75 Å². The normalized spacial score (nSPS) is 11.5. The number of halogens is 1. The molecular weight excluding hydrogens is 330 g/mol. The summed E-state index contributed by atoms with van der Waals surface area (Å²) in [5, 5.41) is 3.31. The maximum absolute atomic E-state index is 11.9. The fourth-order valence-electron chi connectivity index (χ4n) is 2.13. The van der Waals surface area contributed by atoms with Gasteiger partial charge < -0.3 is 14.8 Å². The topological polar surface area (TPSA) is 64.6 Å². The summed E-state index contributed by atoms with van der Waals surface area (Å²) in [6.07, 6.45) is 0. The Bertz CT molecular complexity index is 715. The summed E-state index contributed by atoms with van der Waals surface area (Å²) in [6, 6.07) is 13.4. The van der Waals surface area contributed by atoms with Crippen molar-refractivity contribution in [2.75, 3.05) is 13.7 Å². The predicted octanol–water partition coefficient (Wildman–Crippen LogP) is 3.38. The van der Waals surface area contributed by atoms with Gasteiger partial charge in [0.15, 0.2) is 6.61 Å². The van der Waals surface area contributed by atoms with E-state index >= 15 is 0 Å². The zero-order valence-electron chi connectivity index (χ0n) is 13.4. The number of carbonyl (C=O) groups is 2. The van der Waals surface area contributed by atoms with Crippen molar-refractivity contribution in [3.8, 4) is 5.75 Å². The van der Waals surface area contributed by atoms with Crippen LogP contribution in [0.2, 0.25) is 5.02 Å². The van der Waals surface area contributed by atoms with Crippen LogP contribution in [-0.4, -0.2) is 25.6 Å². The molecule has 6 heteroatoms. The van der Waals surface area contributed by atoms with Crippen molar-refractivity contribution in [3.63, 3.8) is 0 Å². The summed E-state index contributed by atoms with van der Waals surface area (Å²) in [5.74, 6) is -0.333. The molecule has 0 spiro atoms. The smallest absolute Gasteiger partial charge is 0.338 e. The van der Waals surface area contributed by atoms with Gasteiger partial charge in [-0.15, -0.1) is 0 Å². The van der Waals surface area contributed by atoms with Crippen molar-refractivity contribution in [2.45, 2.75) is 13.0 Å². The van der Waals surface area contributed by atoms with Gasteiger partial charge in [-0.3, -0.25) is 4.79 Å². The maximum Gasteiger partial charge on any atom is 0.338 e. The van der Waals surface area contributed by atoms with Gasteiger partial charge in [0.25, 0.3) is 5.91 Å². The number of benzene rings is 2. The minimum Gasteiger partial charge on any atom is -0.497 e. The summed E-state index contributed by atoms with van der Waals surface area (Å²) >= 11 is 6.09. The maximum atomic E-state index is 11.9. The SMILES string of the molecule is COc1ccc(C(=O)OCC(=O)N[C@H](C)c2ccccc2Cl)cc1. The monoisotopic (exact) mass is 347 g/mol. The van der Waals surface area contributed by atoms with E-state index in [4.69, 9.17) is 21.1 Å². The highest BCUT2D eigenvalue weighted by Gasteiger charge is 2.14. The fourth-order valence-corrected chi connectivity index (χ4v) is 2.43. The molecule has 0 aliphatic rings. The van der Waals surface area contributed by atoms with E-state index in [1.165, 1.54) is 7.11 Å². The van der Waals surface area contributed by atoms with E-state index in [9.17, 15) is 9.59 Å². The van der Waals surface area contributed by atoms with Crippen LogP contribution in [0.25, 0.3) is 0 Å². The molecule has 1 atom stereocenters. The van der Waals surface area contributed by atoms with E-state index in [1.807, 2.05) is 25.1 Å². The van der Waals surface area contributed by atoms with E-state index in [2.05, 4.69) is 5.32 Å². The van der Waals surface area contributed by atoms with E-state index in [0.717, 1.165) is 5.56 Å². The zero-order valence-corrected chi connectivity index (χ0v) is 14.2. The predicted molar refractivity (Wildman–Crippen MR) is 91.3 cm³/mol. The number of hydrogen-bond donors (Lipinski definition) is 1. The molecule has 0 fully saturated rings. The summed E-state index contributed by atoms with van der Waals surface area (Å²) in [6.45, 7) is 1.45. The van der Waals surface area contributed by atoms with Gasteiger partial charge in [0.05, 0.1) is 18.7 Å². The lowest BCUT2D eigenvalue weighted by Crippen LogP contribution is -2.31. The van der Waals surface area contributed by atoms with Crippen LogP contribution in [0.1, 0.15) is 28.9 Å². The quantitative estimate of drug-likeness (QED) is 0.813. The first kappa shape index (κ1) is 17.8. The number of esters is 1. The first-order valence-corrected chi connectivity index (χ1v) is 7.74. The average molecular weight is 348 g/mol. The van der Waals surface area contributed by atoms with E-state index in [1.54, 1.807) is 30.3 Å². The van der Waals surface area contributed by atoms with E-state index in [-0.39, 0.29) is 12.6 Å². The molecular formula is C18H18ClNO4. The number of nitrogens with one attached hydrogen (secondary N) is 1. The highest BCUT2D eigenvalue weighted by atomic mass is 35.5. The van der Waals surface area contributed by atoms with Crippen molar-refractivity contribution < 1.29 is 19.1 Å². The summed E-state index contributed by atoms with van der Waals surface area (Å²) in [4.78, 5) is 23.8. The highest BCUT2D eigenvalue weighted by molar-refractivity contribution is 6.31. The number of carbonyl (C=O) groups excluding carboxylic acids is 2. The van der Waals surface area contributed by atoms with Gasteiger partial charge >= 0.3 is 5.97 Å². The van der Waals surface area contributed by atoms with Gasteiger partial charge in [0.1, 0.15) is 5.75 Å². The molecule has 0 heterocycles. The molecule has 5 nitrogen and oxygen atoms in total. The van der Waals surface area contributed by atoms with Gasteiger partial charge in [0, 0.05) is 5.02 Å². The number of hydrogen-bond acceptors (Lipinski definition) is 4. The second-order valence-corrected chi connectivity index (χ2v) is 5.52. The molecule has 2 aromatic rings. The van der Waals surface area contributed by atoms with E-state index < -0.39 is 11.9 Å². The first-order chi connectivity index (χ1) is 11.5. The summed E-state index contributed by atoms with van der Waals surface area (Å²) in [7, 11) is 1.54. The molecule has 0 unspecified atom stereocenters. The Kier molecular flexibility index (Phi) is 6.21. The van der Waals surface area contributed by atoms with Gasteiger partial charge in [-0.25, -0.2) is 4.79 Å². The van der Waals surface area contributed by atoms with Crippen LogP contribution in [0.4, 0.5) is 0 Å². The van der Waals surface area contributed by atoms with Crippen LogP contribution < -0.4 is 10.1 Å². The third kappa shape index (κ3) is 4.73. The lowest BCUT2D eigenvalue weighted by atomic mass is 10.1. The minimum absolute atomic E-state index is 0.286. The molecule has 0 aromatic heterocycles. The Balaban J connectivity index is 1.86. The lowest BCUT2D eigenvalue weighted by molar-refractivity contribution is -0.124. The zero-order chi connectivity index (χ0) is 17.5. The van der Waals surface area contributed by atoms with Crippen LogP contribution in [-0.2, 0) is 9.53 Å². The second kappa shape index (κ2) is 8.36. The van der Waals surface area contributed by atoms with Gasteiger partial charge in [-0.2, -0.15) is 0 Å². The van der Waals surface area contributed by atoms with Gasteiger partial charge in [-0.05, 0) is 42.8 Å². The molecule has 126 valence electrons. The van der Waals surface area contributed by atoms with Gasteiger partial charge in [-0.1, -0.05) is 29.8 Å². The molecule has 0 aliphatic carbocycles. The Morgan fingerprint density at radius 1 is 1.12 bits per heavy atom. The van der Waals surface area contributed by atoms with Crippen molar-refractivity contribution in [3.05, 3.63) is 64.7 Å². The van der Waals surface area contributed by atoms with Gasteiger partial charge in [0.2, 0.25) is 0 Å². The second-order valence-electron chi connectivity index (χ2n) is 5.12. The average Bonchev–Trinajstić information content (AvgIpc) is 2.60. The first-order valence-electron chi connectivity index (χ1n) is 7.36. The third-order valence-corrected chi connectivity index (χ3v) is 3.75. The van der Waals surface area contributed by atoms with Crippen LogP contribution >= 0.6 is 11.6 Å². The Morgan fingerprint density at radius 3 is 2.42 bits per heavy atom. The molecule has 24 heavy (non-hydrogen) atoms. The summed E-state index contributed by atoms with van der Waals surface area (Å²) in [5.41, 5.74) is 1.15. The van der Waals surface area contributed by atoms with Crippen molar-refractivity contribution in [2.24, 2.45) is 0 Å². The molecule has 0 saturated heterocycles. The molecule has 0 bridgehead atoms. The molecule has 0 aliphatic heterocycles. The molecule has 2 rings (SSSR count).